The fourth-order valence-corrected chi connectivity index (χ4v) is 3.04. The van der Waals surface area contributed by atoms with Crippen LogP contribution >= 0.6 is 0 Å². The third kappa shape index (κ3) is 5.38. The van der Waals surface area contributed by atoms with E-state index in [1.165, 1.54) is 18.4 Å². The number of aliphatic carboxylic acids is 1. The highest BCUT2D eigenvalue weighted by atomic mass is 16.5. The standard InChI is InChI=1S/C17H25NO3/c1-21-16-6-2-4-14(12-16)7-8-15-5-3-10-18(13-15)11-9-17(19)20/h2,4,6,12,15H,3,5,7-11,13H2,1H3,(H,19,20)/t15-/m1/s1. The lowest BCUT2D eigenvalue weighted by Crippen LogP contribution is -2.36. The third-order valence-corrected chi connectivity index (χ3v) is 4.22. The van der Waals surface area contributed by atoms with Crippen molar-refractivity contribution in [2.45, 2.75) is 32.1 Å². The minimum absolute atomic E-state index is 0.253. The summed E-state index contributed by atoms with van der Waals surface area (Å²) >= 11 is 0. The number of piperidine rings is 1. The molecule has 0 aliphatic carbocycles. The fraction of sp³-hybridized carbons (Fsp3) is 0.588. The number of likely N-dealkylation sites (tertiary alicyclic amines) is 1. The lowest BCUT2D eigenvalue weighted by Gasteiger charge is -2.32. The van der Waals surface area contributed by atoms with Gasteiger partial charge in [0.15, 0.2) is 0 Å². The van der Waals surface area contributed by atoms with Gasteiger partial charge in [-0.3, -0.25) is 4.79 Å². The lowest BCUT2D eigenvalue weighted by molar-refractivity contribution is -0.137. The van der Waals surface area contributed by atoms with Crippen LogP contribution < -0.4 is 4.74 Å². The molecule has 1 N–H and O–H groups in total. The van der Waals surface area contributed by atoms with E-state index in [9.17, 15) is 4.79 Å². The molecule has 4 nitrogen and oxygen atoms in total. The summed E-state index contributed by atoms with van der Waals surface area (Å²) in [4.78, 5) is 13.0. The molecular weight excluding hydrogens is 266 g/mol. The summed E-state index contributed by atoms with van der Waals surface area (Å²) < 4.78 is 5.25. The molecule has 1 aromatic carbocycles. The molecule has 0 radical (unpaired) electrons. The summed E-state index contributed by atoms with van der Waals surface area (Å²) in [6.45, 7) is 2.77. The largest absolute Gasteiger partial charge is 0.497 e. The average molecular weight is 291 g/mol. The van der Waals surface area contributed by atoms with Gasteiger partial charge in [-0.15, -0.1) is 0 Å². The Morgan fingerprint density at radius 3 is 3.10 bits per heavy atom. The number of rotatable bonds is 7. The Morgan fingerprint density at radius 2 is 2.33 bits per heavy atom. The van der Waals surface area contributed by atoms with Crippen molar-refractivity contribution in [2.24, 2.45) is 5.92 Å². The first-order valence-electron chi connectivity index (χ1n) is 7.74. The molecule has 0 spiro atoms. The van der Waals surface area contributed by atoms with E-state index < -0.39 is 5.97 Å². The van der Waals surface area contributed by atoms with Crippen LogP contribution in [-0.2, 0) is 11.2 Å². The van der Waals surface area contributed by atoms with Crippen LogP contribution in [0.4, 0.5) is 0 Å². The summed E-state index contributed by atoms with van der Waals surface area (Å²) in [5, 5.41) is 8.77. The van der Waals surface area contributed by atoms with E-state index in [4.69, 9.17) is 9.84 Å². The molecule has 1 aliphatic rings. The quantitative estimate of drug-likeness (QED) is 0.839. The number of carbonyl (C=O) groups is 1. The van der Waals surface area contributed by atoms with Gasteiger partial charge in [0, 0.05) is 13.1 Å². The number of hydrogen-bond donors (Lipinski definition) is 1. The van der Waals surface area contributed by atoms with Gasteiger partial charge < -0.3 is 14.7 Å². The van der Waals surface area contributed by atoms with Crippen molar-refractivity contribution >= 4 is 5.97 Å². The molecule has 2 rings (SSSR count). The zero-order valence-corrected chi connectivity index (χ0v) is 12.8. The first kappa shape index (κ1) is 15.8. The van der Waals surface area contributed by atoms with E-state index in [0.717, 1.165) is 31.7 Å². The second kappa shape index (κ2) is 8.03. The SMILES string of the molecule is COc1cccc(CC[C@H]2CCCN(CCC(=O)O)C2)c1. The van der Waals surface area contributed by atoms with Crippen LogP contribution in [0.15, 0.2) is 24.3 Å². The summed E-state index contributed by atoms with van der Waals surface area (Å²) in [6, 6.07) is 8.25. The Kier molecular flexibility index (Phi) is 6.05. The second-order valence-corrected chi connectivity index (χ2v) is 5.84. The Hall–Kier alpha value is -1.55. The minimum atomic E-state index is -0.700. The zero-order valence-electron chi connectivity index (χ0n) is 12.8. The van der Waals surface area contributed by atoms with Crippen LogP contribution in [0.25, 0.3) is 0 Å². The van der Waals surface area contributed by atoms with Crippen LogP contribution in [0.5, 0.6) is 5.75 Å². The number of hydrogen-bond acceptors (Lipinski definition) is 3. The Morgan fingerprint density at radius 1 is 1.48 bits per heavy atom. The van der Waals surface area contributed by atoms with Crippen LogP contribution in [0.1, 0.15) is 31.2 Å². The van der Waals surface area contributed by atoms with Crippen molar-refractivity contribution in [3.63, 3.8) is 0 Å². The molecule has 0 bridgehead atoms. The molecule has 1 fully saturated rings. The number of ether oxygens (including phenoxy) is 1. The third-order valence-electron chi connectivity index (χ3n) is 4.22. The van der Waals surface area contributed by atoms with Crippen LogP contribution in [0.3, 0.4) is 0 Å². The van der Waals surface area contributed by atoms with Gasteiger partial charge in [-0.1, -0.05) is 12.1 Å². The van der Waals surface area contributed by atoms with E-state index >= 15 is 0 Å². The molecule has 1 saturated heterocycles. The van der Waals surface area contributed by atoms with E-state index in [-0.39, 0.29) is 6.42 Å². The average Bonchev–Trinajstić information content (AvgIpc) is 2.51. The number of benzene rings is 1. The molecule has 0 unspecified atom stereocenters. The van der Waals surface area contributed by atoms with Crippen LogP contribution in [-0.4, -0.2) is 42.7 Å². The Balaban J connectivity index is 1.78. The van der Waals surface area contributed by atoms with E-state index in [1.54, 1.807) is 7.11 Å². The van der Waals surface area contributed by atoms with Gasteiger partial charge >= 0.3 is 5.97 Å². The van der Waals surface area contributed by atoms with Crippen molar-refractivity contribution in [3.8, 4) is 5.75 Å². The maximum absolute atomic E-state index is 10.7. The Bertz CT molecular complexity index is 461. The maximum atomic E-state index is 10.7. The fourth-order valence-electron chi connectivity index (χ4n) is 3.04. The zero-order chi connectivity index (χ0) is 15.1. The van der Waals surface area contributed by atoms with Gasteiger partial charge in [0.2, 0.25) is 0 Å². The molecule has 4 heteroatoms. The van der Waals surface area contributed by atoms with Crippen molar-refractivity contribution in [2.75, 3.05) is 26.7 Å². The number of aryl methyl sites for hydroxylation is 1. The molecule has 116 valence electrons. The minimum Gasteiger partial charge on any atom is -0.497 e. The van der Waals surface area contributed by atoms with E-state index in [2.05, 4.69) is 17.0 Å². The summed E-state index contributed by atoms with van der Waals surface area (Å²) in [7, 11) is 1.70. The first-order valence-corrected chi connectivity index (χ1v) is 7.74. The van der Waals surface area contributed by atoms with Crippen molar-refractivity contribution in [3.05, 3.63) is 29.8 Å². The van der Waals surface area contributed by atoms with Crippen molar-refractivity contribution in [1.82, 2.24) is 4.90 Å². The van der Waals surface area contributed by atoms with Crippen molar-refractivity contribution in [1.29, 1.82) is 0 Å². The molecule has 0 aromatic heterocycles. The second-order valence-electron chi connectivity index (χ2n) is 5.84. The summed E-state index contributed by atoms with van der Waals surface area (Å²) in [5.74, 6) is 0.895. The van der Waals surface area contributed by atoms with Crippen LogP contribution in [0, 0.1) is 5.92 Å². The highest BCUT2D eigenvalue weighted by Gasteiger charge is 2.20. The number of carboxylic acids is 1. The Labute approximate surface area is 126 Å². The summed E-state index contributed by atoms with van der Waals surface area (Å²) in [5.41, 5.74) is 1.32. The highest BCUT2D eigenvalue weighted by Crippen LogP contribution is 2.23. The highest BCUT2D eigenvalue weighted by molar-refractivity contribution is 5.66. The number of carboxylic acid groups (broad SMARTS) is 1. The number of methoxy groups -OCH3 is 1. The maximum Gasteiger partial charge on any atom is 0.304 e. The smallest absolute Gasteiger partial charge is 0.304 e. The number of nitrogens with zero attached hydrogens (tertiary/aromatic N) is 1. The van der Waals surface area contributed by atoms with Gasteiger partial charge in [-0.25, -0.2) is 0 Å². The molecule has 1 atom stereocenters. The van der Waals surface area contributed by atoms with E-state index in [1.807, 2.05) is 12.1 Å². The first-order chi connectivity index (χ1) is 10.2. The lowest BCUT2D eigenvalue weighted by atomic mass is 9.91. The van der Waals surface area contributed by atoms with Gasteiger partial charge in [-0.05, 0) is 55.8 Å². The van der Waals surface area contributed by atoms with Gasteiger partial charge in [0.25, 0.3) is 0 Å². The molecule has 1 aliphatic heterocycles. The molecule has 0 amide bonds. The molecule has 1 heterocycles. The normalized spacial score (nSPS) is 19.4. The molecule has 0 saturated carbocycles. The predicted octanol–water partition coefficient (Wildman–Crippen LogP) is 2.81. The van der Waals surface area contributed by atoms with Gasteiger partial charge in [0.1, 0.15) is 5.75 Å². The van der Waals surface area contributed by atoms with Crippen molar-refractivity contribution < 1.29 is 14.6 Å². The van der Waals surface area contributed by atoms with Gasteiger partial charge in [0.05, 0.1) is 13.5 Å². The monoisotopic (exact) mass is 291 g/mol. The molecular formula is C17H25NO3. The molecule has 21 heavy (non-hydrogen) atoms. The van der Waals surface area contributed by atoms with Crippen LogP contribution in [0.2, 0.25) is 0 Å². The molecule has 1 aromatic rings. The summed E-state index contributed by atoms with van der Waals surface area (Å²) in [6.07, 6.45) is 4.92. The van der Waals surface area contributed by atoms with E-state index in [0.29, 0.717) is 12.5 Å². The topological polar surface area (TPSA) is 49.8 Å². The van der Waals surface area contributed by atoms with Gasteiger partial charge in [-0.2, -0.15) is 0 Å². The predicted molar refractivity (Wildman–Crippen MR) is 82.7 cm³/mol.